The van der Waals surface area contributed by atoms with Gasteiger partial charge in [0.15, 0.2) is 0 Å². The van der Waals surface area contributed by atoms with Gasteiger partial charge in [0.05, 0.1) is 11.8 Å². The highest BCUT2D eigenvalue weighted by Gasteiger charge is 2.06. The molecule has 1 aromatic carbocycles. The predicted molar refractivity (Wildman–Crippen MR) is 79.7 cm³/mol. The third-order valence-corrected chi connectivity index (χ3v) is 3.27. The van der Waals surface area contributed by atoms with Gasteiger partial charge in [-0.1, -0.05) is 18.2 Å². The van der Waals surface area contributed by atoms with Crippen LogP contribution in [0.4, 0.5) is 5.95 Å². The van der Waals surface area contributed by atoms with Gasteiger partial charge in [-0.15, -0.1) is 0 Å². The van der Waals surface area contributed by atoms with E-state index in [0.29, 0.717) is 12.0 Å². The van der Waals surface area contributed by atoms with E-state index in [-0.39, 0.29) is 0 Å². The van der Waals surface area contributed by atoms with Gasteiger partial charge in [-0.3, -0.25) is 0 Å². The maximum absolute atomic E-state index is 5.33. The van der Waals surface area contributed by atoms with E-state index in [2.05, 4.69) is 22.2 Å². The van der Waals surface area contributed by atoms with Crippen LogP contribution in [0.15, 0.2) is 53.3 Å². The molecule has 0 spiro atoms. The second-order valence-electron chi connectivity index (χ2n) is 4.92. The SMILES string of the molecule is CC(CCc1ccco1)Nc1ncc2ccccc2n1. The van der Waals surface area contributed by atoms with Crippen LogP contribution in [0.25, 0.3) is 10.9 Å². The van der Waals surface area contributed by atoms with Crippen LogP contribution in [-0.4, -0.2) is 16.0 Å². The van der Waals surface area contributed by atoms with E-state index in [4.69, 9.17) is 4.42 Å². The summed E-state index contributed by atoms with van der Waals surface area (Å²) in [5, 5.41) is 4.39. The van der Waals surface area contributed by atoms with Crippen LogP contribution in [0, 0.1) is 0 Å². The average molecular weight is 267 g/mol. The standard InChI is InChI=1S/C16H17N3O/c1-12(8-9-14-6-4-10-20-14)18-16-17-11-13-5-2-3-7-15(13)19-16/h2-7,10-12H,8-9H2,1H3,(H,17,18,19). The minimum atomic E-state index is 0.293. The molecule has 102 valence electrons. The Morgan fingerprint density at radius 2 is 2.10 bits per heavy atom. The van der Waals surface area contributed by atoms with Gasteiger partial charge in [0.1, 0.15) is 5.76 Å². The first kappa shape index (κ1) is 12.7. The molecule has 2 aromatic heterocycles. The number of benzene rings is 1. The first-order valence-electron chi connectivity index (χ1n) is 6.82. The zero-order chi connectivity index (χ0) is 13.8. The number of nitrogens with one attached hydrogen (secondary N) is 1. The van der Waals surface area contributed by atoms with Crippen LogP contribution in [0.5, 0.6) is 0 Å². The number of hydrogen-bond acceptors (Lipinski definition) is 4. The van der Waals surface area contributed by atoms with E-state index in [1.54, 1.807) is 6.26 Å². The summed E-state index contributed by atoms with van der Waals surface area (Å²) in [6.45, 7) is 2.13. The fourth-order valence-corrected chi connectivity index (χ4v) is 2.15. The highest BCUT2D eigenvalue weighted by molar-refractivity contribution is 5.78. The third kappa shape index (κ3) is 2.96. The van der Waals surface area contributed by atoms with E-state index >= 15 is 0 Å². The van der Waals surface area contributed by atoms with Gasteiger partial charge < -0.3 is 9.73 Å². The molecule has 0 bridgehead atoms. The lowest BCUT2D eigenvalue weighted by Crippen LogP contribution is -2.17. The molecule has 4 heteroatoms. The number of nitrogens with zero attached hydrogens (tertiary/aromatic N) is 2. The van der Waals surface area contributed by atoms with Crippen molar-refractivity contribution >= 4 is 16.9 Å². The summed E-state index contributed by atoms with van der Waals surface area (Å²) in [5.41, 5.74) is 0.961. The molecule has 20 heavy (non-hydrogen) atoms. The highest BCUT2D eigenvalue weighted by Crippen LogP contribution is 2.13. The minimum absolute atomic E-state index is 0.293. The minimum Gasteiger partial charge on any atom is -0.469 e. The molecule has 0 radical (unpaired) electrons. The Bertz CT molecular complexity index is 679. The normalized spacial score (nSPS) is 12.4. The molecular formula is C16H17N3O. The second-order valence-corrected chi connectivity index (χ2v) is 4.92. The molecule has 1 N–H and O–H groups in total. The number of hydrogen-bond donors (Lipinski definition) is 1. The molecule has 1 atom stereocenters. The maximum Gasteiger partial charge on any atom is 0.223 e. The maximum atomic E-state index is 5.33. The smallest absolute Gasteiger partial charge is 0.223 e. The van der Waals surface area contributed by atoms with Crippen molar-refractivity contribution in [3.05, 3.63) is 54.6 Å². The van der Waals surface area contributed by atoms with Crippen LogP contribution in [-0.2, 0) is 6.42 Å². The number of rotatable bonds is 5. The summed E-state index contributed by atoms with van der Waals surface area (Å²) in [5.74, 6) is 1.69. The summed E-state index contributed by atoms with van der Waals surface area (Å²) in [4.78, 5) is 8.86. The van der Waals surface area contributed by atoms with Crippen molar-refractivity contribution in [3.63, 3.8) is 0 Å². The lowest BCUT2D eigenvalue weighted by molar-refractivity contribution is 0.494. The van der Waals surface area contributed by atoms with Gasteiger partial charge in [0.25, 0.3) is 0 Å². The van der Waals surface area contributed by atoms with E-state index in [0.717, 1.165) is 29.5 Å². The average Bonchev–Trinajstić information content (AvgIpc) is 2.98. The van der Waals surface area contributed by atoms with E-state index < -0.39 is 0 Å². The van der Waals surface area contributed by atoms with Gasteiger partial charge >= 0.3 is 0 Å². The fraction of sp³-hybridized carbons (Fsp3) is 0.250. The van der Waals surface area contributed by atoms with Gasteiger partial charge in [-0.05, 0) is 31.5 Å². The van der Waals surface area contributed by atoms with Gasteiger partial charge in [0.2, 0.25) is 5.95 Å². The van der Waals surface area contributed by atoms with Crippen molar-refractivity contribution in [2.75, 3.05) is 5.32 Å². The Hall–Kier alpha value is -2.36. The number of aromatic nitrogens is 2. The summed E-state index contributed by atoms with van der Waals surface area (Å²) >= 11 is 0. The Kier molecular flexibility index (Phi) is 3.63. The molecule has 3 rings (SSSR count). The lowest BCUT2D eigenvalue weighted by atomic mass is 10.1. The van der Waals surface area contributed by atoms with E-state index in [1.165, 1.54) is 0 Å². The van der Waals surface area contributed by atoms with Gasteiger partial charge in [-0.25, -0.2) is 9.97 Å². The number of para-hydroxylation sites is 1. The summed E-state index contributed by atoms with van der Waals surface area (Å²) in [6.07, 6.45) is 5.45. The van der Waals surface area contributed by atoms with Crippen molar-refractivity contribution in [2.24, 2.45) is 0 Å². The molecule has 0 aliphatic heterocycles. The Labute approximate surface area is 117 Å². The molecule has 0 aliphatic rings. The van der Waals surface area contributed by atoms with Crippen molar-refractivity contribution in [2.45, 2.75) is 25.8 Å². The van der Waals surface area contributed by atoms with Crippen LogP contribution in [0.2, 0.25) is 0 Å². The first-order chi connectivity index (χ1) is 9.81. The molecule has 2 heterocycles. The number of anilines is 1. The number of fused-ring (bicyclic) bond motifs is 1. The first-order valence-corrected chi connectivity index (χ1v) is 6.82. The largest absolute Gasteiger partial charge is 0.469 e. The molecule has 0 fully saturated rings. The van der Waals surface area contributed by atoms with Gasteiger partial charge in [-0.2, -0.15) is 0 Å². The molecular weight excluding hydrogens is 250 g/mol. The van der Waals surface area contributed by atoms with Gasteiger partial charge in [0, 0.05) is 24.0 Å². The molecule has 0 saturated heterocycles. The molecule has 0 amide bonds. The lowest BCUT2D eigenvalue weighted by Gasteiger charge is -2.13. The predicted octanol–water partition coefficient (Wildman–Crippen LogP) is 3.66. The van der Waals surface area contributed by atoms with E-state index in [9.17, 15) is 0 Å². The quantitative estimate of drug-likeness (QED) is 0.766. The zero-order valence-corrected chi connectivity index (χ0v) is 11.4. The summed E-state index contributed by atoms with van der Waals surface area (Å²) in [6, 6.07) is 12.2. The number of furan rings is 1. The zero-order valence-electron chi connectivity index (χ0n) is 11.4. The Morgan fingerprint density at radius 3 is 2.95 bits per heavy atom. The monoisotopic (exact) mass is 267 g/mol. The van der Waals surface area contributed by atoms with Crippen LogP contribution >= 0.6 is 0 Å². The number of aryl methyl sites for hydroxylation is 1. The van der Waals surface area contributed by atoms with Crippen LogP contribution in [0.1, 0.15) is 19.1 Å². The highest BCUT2D eigenvalue weighted by atomic mass is 16.3. The van der Waals surface area contributed by atoms with Crippen molar-refractivity contribution < 1.29 is 4.42 Å². The van der Waals surface area contributed by atoms with Crippen molar-refractivity contribution in [1.29, 1.82) is 0 Å². The second kappa shape index (κ2) is 5.74. The van der Waals surface area contributed by atoms with E-state index in [1.807, 2.05) is 42.6 Å². The molecule has 3 aromatic rings. The third-order valence-electron chi connectivity index (χ3n) is 3.27. The van der Waals surface area contributed by atoms with Crippen molar-refractivity contribution in [1.82, 2.24) is 9.97 Å². The fourth-order valence-electron chi connectivity index (χ4n) is 2.15. The summed E-state index contributed by atoms with van der Waals surface area (Å²) < 4.78 is 5.33. The Balaban J connectivity index is 1.63. The molecule has 0 aliphatic carbocycles. The van der Waals surface area contributed by atoms with Crippen LogP contribution in [0.3, 0.4) is 0 Å². The molecule has 4 nitrogen and oxygen atoms in total. The Morgan fingerprint density at radius 1 is 1.20 bits per heavy atom. The van der Waals surface area contributed by atoms with Crippen molar-refractivity contribution in [3.8, 4) is 0 Å². The topological polar surface area (TPSA) is 51.0 Å². The molecule has 0 saturated carbocycles. The molecule has 1 unspecified atom stereocenters. The summed E-state index contributed by atoms with van der Waals surface area (Å²) in [7, 11) is 0. The van der Waals surface area contributed by atoms with Crippen LogP contribution < -0.4 is 5.32 Å².